The van der Waals surface area contributed by atoms with Crippen LogP contribution < -0.4 is 24.4 Å². The quantitative estimate of drug-likeness (QED) is 0.488. The van der Waals surface area contributed by atoms with Crippen LogP contribution in [0.4, 0.5) is 0 Å². The fourth-order valence-electron chi connectivity index (χ4n) is 3.99. The minimum Gasteiger partial charge on any atom is -0.493 e. The van der Waals surface area contributed by atoms with Gasteiger partial charge in [-0.25, -0.2) is 9.79 Å². The van der Waals surface area contributed by atoms with Gasteiger partial charge in [0.2, 0.25) is 0 Å². The summed E-state index contributed by atoms with van der Waals surface area (Å²) in [5.74, 6) is 0.478. The molecule has 0 fully saturated rings. The molecule has 176 valence electrons. The maximum atomic E-state index is 13.7. The summed E-state index contributed by atoms with van der Waals surface area (Å²) >= 11 is 1.29. The summed E-state index contributed by atoms with van der Waals surface area (Å²) in [5.41, 5.74) is 2.10. The number of hydrogen-bond acceptors (Lipinski definition) is 7. The van der Waals surface area contributed by atoms with Gasteiger partial charge >= 0.3 is 5.97 Å². The molecule has 3 aromatic rings. The molecular weight excluding hydrogens is 452 g/mol. The van der Waals surface area contributed by atoms with Gasteiger partial charge in [0.15, 0.2) is 16.3 Å². The Morgan fingerprint density at radius 1 is 1.12 bits per heavy atom. The van der Waals surface area contributed by atoms with E-state index in [4.69, 9.17) is 14.2 Å². The van der Waals surface area contributed by atoms with E-state index in [2.05, 4.69) is 4.99 Å². The number of esters is 1. The molecule has 8 heteroatoms. The molecule has 34 heavy (non-hydrogen) atoms. The van der Waals surface area contributed by atoms with Crippen molar-refractivity contribution in [3.8, 4) is 11.5 Å². The van der Waals surface area contributed by atoms with E-state index in [1.54, 1.807) is 31.6 Å². The number of allylic oxidation sites excluding steroid dienone is 1. The summed E-state index contributed by atoms with van der Waals surface area (Å²) in [7, 11) is 1.56. The Kier molecular flexibility index (Phi) is 6.98. The Hall–Kier alpha value is -3.65. The number of nitrogens with zero attached hydrogens (tertiary/aromatic N) is 2. The molecule has 0 radical (unpaired) electrons. The molecule has 2 aromatic carbocycles. The second-order valence-corrected chi connectivity index (χ2v) is 8.53. The third kappa shape index (κ3) is 4.28. The first-order valence-corrected chi connectivity index (χ1v) is 11.9. The molecule has 0 aliphatic carbocycles. The van der Waals surface area contributed by atoms with Crippen molar-refractivity contribution in [2.24, 2.45) is 4.99 Å². The topological polar surface area (TPSA) is 79.1 Å². The van der Waals surface area contributed by atoms with Gasteiger partial charge in [0.25, 0.3) is 5.56 Å². The van der Waals surface area contributed by atoms with Gasteiger partial charge in [0.1, 0.15) is 6.04 Å². The van der Waals surface area contributed by atoms with E-state index in [9.17, 15) is 9.59 Å². The number of carbonyl (C=O) groups is 1. The predicted octanol–water partition coefficient (Wildman–Crippen LogP) is 3.21. The van der Waals surface area contributed by atoms with E-state index in [0.29, 0.717) is 44.3 Å². The third-order valence-electron chi connectivity index (χ3n) is 5.43. The summed E-state index contributed by atoms with van der Waals surface area (Å²) in [6, 6.07) is 14.3. The highest BCUT2D eigenvalue weighted by Crippen LogP contribution is 2.40. The Bertz CT molecular complexity index is 1420. The lowest BCUT2D eigenvalue weighted by molar-refractivity contribution is -0.139. The van der Waals surface area contributed by atoms with Gasteiger partial charge in [-0.15, -0.1) is 0 Å². The number of fused-ring (bicyclic) bond motifs is 1. The van der Waals surface area contributed by atoms with E-state index in [1.165, 1.54) is 11.3 Å². The van der Waals surface area contributed by atoms with Gasteiger partial charge < -0.3 is 14.2 Å². The molecule has 0 saturated carbocycles. The largest absolute Gasteiger partial charge is 0.493 e. The molecule has 1 aliphatic rings. The lowest BCUT2D eigenvalue weighted by atomic mass is 9.94. The van der Waals surface area contributed by atoms with E-state index in [-0.39, 0.29) is 12.2 Å². The maximum Gasteiger partial charge on any atom is 0.338 e. The van der Waals surface area contributed by atoms with Crippen molar-refractivity contribution in [3.63, 3.8) is 0 Å². The average Bonchev–Trinajstić information content (AvgIpc) is 3.13. The standard InChI is InChI=1S/C26H26N2O5S/c1-5-32-23-18(13-10-14-19(23)31-4)22-21(25(30)33-6-2)16(3)27-26-28(22)24(29)20(34-26)15-17-11-8-7-9-12-17/h7-15,22H,5-6H2,1-4H3/b20-15+/t22-/m0/s1. The average molecular weight is 479 g/mol. The predicted molar refractivity (Wildman–Crippen MR) is 131 cm³/mol. The number of hydrogen-bond donors (Lipinski definition) is 0. The van der Waals surface area contributed by atoms with E-state index in [1.807, 2.05) is 55.5 Å². The second kappa shape index (κ2) is 10.1. The zero-order valence-electron chi connectivity index (χ0n) is 19.5. The molecule has 0 bridgehead atoms. The van der Waals surface area contributed by atoms with Crippen LogP contribution in [0.1, 0.15) is 37.9 Å². The fraction of sp³-hybridized carbons (Fsp3) is 0.269. The number of thiazole rings is 1. The van der Waals surface area contributed by atoms with Crippen LogP contribution in [0, 0.1) is 0 Å². The highest BCUT2D eigenvalue weighted by Gasteiger charge is 2.35. The number of carbonyl (C=O) groups excluding carboxylic acids is 1. The summed E-state index contributed by atoms with van der Waals surface area (Å²) in [6.45, 7) is 5.97. The number of benzene rings is 2. The van der Waals surface area contributed by atoms with Crippen LogP contribution in [0.3, 0.4) is 0 Å². The molecule has 0 spiro atoms. The zero-order chi connectivity index (χ0) is 24.2. The molecule has 2 heterocycles. The molecule has 1 aromatic heterocycles. The number of aromatic nitrogens is 1. The first kappa shape index (κ1) is 23.5. The Labute approximate surface area is 201 Å². The Morgan fingerprint density at radius 2 is 1.88 bits per heavy atom. The first-order valence-electron chi connectivity index (χ1n) is 11.0. The van der Waals surface area contributed by atoms with Crippen molar-refractivity contribution in [2.45, 2.75) is 26.8 Å². The smallest absolute Gasteiger partial charge is 0.338 e. The normalized spacial score (nSPS) is 15.5. The van der Waals surface area contributed by atoms with Gasteiger partial charge in [-0.3, -0.25) is 9.36 Å². The van der Waals surface area contributed by atoms with Gasteiger partial charge in [0.05, 0.1) is 36.1 Å². The summed E-state index contributed by atoms with van der Waals surface area (Å²) in [6.07, 6.45) is 1.83. The van der Waals surface area contributed by atoms with E-state index in [0.717, 1.165) is 5.56 Å². The van der Waals surface area contributed by atoms with E-state index < -0.39 is 12.0 Å². The fourth-order valence-corrected chi connectivity index (χ4v) is 5.04. The minimum absolute atomic E-state index is 0.206. The lowest BCUT2D eigenvalue weighted by Gasteiger charge is -2.26. The molecule has 1 atom stereocenters. The Balaban J connectivity index is 2.03. The number of ether oxygens (including phenoxy) is 3. The van der Waals surface area contributed by atoms with Gasteiger partial charge in [-0.2, -0.15) is 0 Å². The van der Waals surface area contributed by atoms with Crippen molar-refractivity contribution in [2.75, 3.05) is 20.3 Å². The van der Waals surface area contributed by atoms with Gasteiger partial charge in [0, 0.05) is 5.56 Å². The van der Waals surface area contributed by atoms with Crippen LogP contribution in [0.2, 0.25) is 0 Å². The van der Waals surface area contributed by atoms with Crippen LogP contribution in [-0.2, 0) is 9.53 Å². The van der Waals surface area contributed by atoms with Crippen LogP contribution in [0.25, 0.3) is 6.08 Å². The van der Waals surface area contributed by atoms with E-state index >= 15 is 0 Å². The molecule has 0 N–H and O–H groups in total. The summed E-state index contributed by atoms with van der Waals surface area (Å²) < 4.78 is 18.9. The number of methoxy groups -OCH3 is 1. The minimum atomic E-state index is -0.773. The highest BCUT2D eigenvalue weighted by atomic mass is 32.1. The molecular formula is C26H26N2O5S. The van der Waals surface area contributed by atoms with Crippen molar-refractivity contribution < 1.29 is 19.0 Å². The molecule has 1 aliphatic heterocycles. The van der Waals surface area contributed by atoms with Crippen LogP contribution in [-0.4, -0.2) is 30.9 Å². The molecule has 0 amide bonds. The SMILES string of the molecule is CCOC(=O)C1=C(C)N=c2s/c(=C/c3ccccc3)c(=O)n2[C@H]1c1cccc(OC)c1OCC. The third-order valence-corrected chi connectivity index (χ3v) is 6.41. The lowest BCUT2D eigenvalue weighted by Crippen LogP contribution is -2.40. The first-order chi connectivity index (χ1) is 16.5. The van der Waals surface area contributed by atoms with Crippen molar-refractivity contribution in [3.05, 3.63) is 90.6 Å². The summed E-state index contributed by atoms with van der Waals surface area (Å²) in [4.78, 5) is 31.9. The summed E-state index contributed by atoms with van der Waals surface area (Å²) in [5, 5.41) is 0. The molecule has 0 unspecified atom stereocenters. The van der Waals surface area contributed by atoms with Crippen LogP contribution in [0.5, 0.6) is 11.5 Å². The number of rotatable bonds is 7. The zero-order valence-corrected chi connectivity index (χ0v) is 20.3. The van der Waals surface area contributed by atoms with Gasteiger partial charge in [-0.05, 0) is 38.5 Å². The van der Waals surface area contributed by atoms with Crippen LogP contribution >= 0.6 is 11.3 Å². The highest BCUT2D eigenvalue weighted by molar-refractivity contribution is 7.07. The maximum absolute atomic E-state index is 13.7. The molecule has 7 nitrogen and oxygen atoms in total. The molecule has 0 saturated heterocycles. The number of para-hydroxylation sites is 1. The van der Waals surface area contributed by atoms with Crippen molar-refractivity contribution in [1.82, 2.24) is 4.57 Å². The monoisotopic (exact) mass is 478 g/mol. The second-order valence-electron chi connectivity index (χ2n) is 7.52. The molecule has 4 rings (SSSR count). The Morgan fingerprint density at radius 3 is 2.56 bits per heavy atom. The van der Waals surface area contributed by atoms with Crippen molar-refractivity contribution >= 4 is 23.4 Å². The van der Waals surface area contributed by atoms with Crippen LogP contribution in [0.15, 0.2) is 69.6 Å². The van der Waals surface area contributed by atoms with Crippen molar-refractivity contribution in [1.29, 1.82) is 0 Å². The van der Waals surface area contributed by atoms with Gasteiger partial charge in [-0.1, -0.05) is 53.8 Å².